The molecule has 0 amide bonds. The highest BCUT2D eigenvalue weighted by molar-refractivity contribution is 5.99. The molecular formula is C14H15N3O3. The van der Waals surface area contributed by atoms with Gasteiger partial charge in [-0.1, -0.05) is 0 Å². The van der Waals surface area contributed by atoms with Gasteiger partial charge in [-0.3, -0.25) is 20.9 Å². The van der Waals surface area contributed by atoms with Gasteiger partial charge < -0.3 is 9.67 Å². The number of rotatable bonds is 3. The molecule has 0 saturated heterocycles. The number of aromatic nitrogens is 1. The molecule has 0 fully saturated rings. The Balaban J connectivity index is 2.04. The van der Waals surface area contributed by atoms with Crippen LogP contribution >= 0.6 is 0 Å². The van der Waals surface area contributed by atoms with Crippen molar-refractivity contribution < 1.29 is 15.1 Å². The monoisotopic (exact) mass is 273 g/mol. The molecule has 0 saturated carbocycles. The lowest BCUT2D eigenvalue weighted by Crippen LogP contribution is -2.18. The van der Waals surface area contributed by atoms with Crippen LogP contribution in [0.1, 0.15) is 30.0 Å². The van der Waals surface area contributed by atoms with Crippen molar-refractivity contribution in [2.24, 2.45) is 0 Å². The Morgan fingerprint density at radius 3 is 2.95 bits per heavy atom. The van der Waals surface area contributed by atoms with Crippen molar-refractivity contribution >= 4 is 22.7 Å². The lowest BCUT2D eigenvalue weighted by atomic mass is 10.00. The van der Waals surface area contributed by atoms with Crippen LogP contribution in [0.5, 0.6) is 0 Å². The van der Waals surface area contributed by atoms with Gasteiger partial charge in [-0.2, -0.15) is 0 Å². The Morgan fingerprint density at radius 1 is 1.45 bits per heavy atom. The van der Waals surface area contributed by atoms with Crippen LogP contribution in [0.15, 0.2) is 24.3 Å². The van der Waals surface area contributed by atoms with Crippen molar-refractivity contribution in [3.05, 3.63) is 35.5 Å². The zero-order valence-corrected chi connectivity index (χ0v) is 10.8. The Labute approximate surface area is 115 Å². The summed E-state index contributed by atoms with van der Waals surface area (Å²) < 4.78 is 2.14. The Hall–Kier alpha value is -2.34. The largest absolute Gasteiger partial charge is 0.481 e. The molecule has 4 N–H and O–H groups in total. The maximum Gasteiger partial charge on any atom is 0.304 e. The van der Waals surface area contributed by atoms with Gasteiger partial charge in [0.2, 0.25) is 0 Å². The lowest BCUT2D eigenvalue weighted by Gasteiger charge is -2.04. The first kappa shape index (κ1) is 12.7. The Kier molecular flexibility index (Phi) is 2.94. The Morgan fingerprint density at radius 2 is 2.25 bits per heavy atom. The molecule has 1 aromatic carbocycles. The highest BCUT2D eigenvalue weighted by Crippen LogP contribution is 2.36. The number of nitrogens with one attached hydrogen (secondary N) is 2. The summed E-state index contributed by atoms with van der Waals surface area (Å²) in [5.74, 6) is -0.778. The minimum absolute atomic E-state index is 0.0544. The van der Waals surface area contributed by atoms with E-state index in [1.165, 1.54) is 0 Å². The Bertz CT molecular complexity index is 705. The second-order valence-electron chi connectivity index (χ2n) is 5.06. The molecule has 1 aromatic heterocycles. The van der Waals surface area contributed by atoms with E-state index in [1.807, 2.05) is 23.7 Å². The summed E-state index contributed by atoms with van der Waals surface area (Å²) in [5, 5.41) is 26.2. The van der Waals surface area contributed by atoms with Gasteiger partial charge in [0.15, 0.2) is 0 Å². The summed E-state index contributed by atoms with van der Waals surface area (Å²) in [6.07, 6.45) is 1.00. The minimum atomic E-state index is -0.777. The summed E-state index contributed by atoms with van der Waals surface area (Å²) in [6.45, 7) is 0.825. The summed E-state index contributed by atoms with van der Waals surface area (Å²) in [7, 11) is 0. The van der Waals surface area contributed by atoms with E-state index in [1.54, 1.807) is 6.07 Å². The normalized spacial score (nSPS) is 17.1. The molecule has 6 heteroatoms. The number of hydrogen-bond donors (Lipinski definition) is 4. The van der Waals surface area contributed by atoms with E-state index in [0.717, 1.165) is 29.6 Å². The van der Waals surface area contributed by atoms with E-state index >= 15 is 0 Å². The van der Waals surface area contributed by atoms with E-state index in [0.29, 0.717) is 5.56 Å². The average molecular weight is 273 g/mol. The van der Waals surface area contributed by atoms with E-state index in [9.17, 15) is 4.79 Å². The van der Waals surface area contributed by atoms with Crippen LogP contribution in [0.4, 0.5) is 0 Å². The van der Waals surface area contributed by atoms with Gasteiger partial charge in [-0.15, -0.1) is 0 Å². The quantitative estimate of drug-likeness (QED) is 0.390. The molecule has 1 unspecified atom stereocenters. The number of hydroxylamine groups is 1. The molecule has 104 valence electrons. The number of carbonyl (C=O) groups is 1. The van der Waals surface area contributed by atoms with Crippen molar-refractivity contribution in [1.82, 2.24) is 10.0 Å². The van der Waals surface area contributed by atoms with Crippen molar-refractivity contribution in [1.29, 1.82) is 5.41 Å². The number of nitrogens with zero attached hydrogens (tertiary/aromatic N) is 1. The number of carboxylic acid groups (broad SMARTS) is 1. The van der Waals surface area contributed by atoms with E-state index in [2.05, 4.69) is 4.57 Å². The van der Waals surface area contributed by atoms with Crippen molar-refractivity contribution in [2.45, 2.75) is 25.3 Å². The number of carboxylic acids is 1. The van der Waals surface area contributed by atoms with E-state index in [-0.39, 0.29) is 18.2 Å². The molecule has 1 atom stereocenters. The van der Waals surface area contributed by atoms with Gasteiger partial charge in [0.25, 0.3) is 0 Å². The number of fused-ring (bicyclic) bond motifs is 3. The van der Waals surface area contributed by atoms with Crippen molar-refractivity contribution in [2.75, 3.05) is 0 Å². The fourth-order valence-corrected chi connectivity index (χ4v) is 2.95. The van der Waals surface area contributed by atoms with Crippen LogP contribution in [0.2, 0.25) is 0 Å². The molecular weight excluding hydrogens is 258 g/mol. The zero-order valence-electron chi connectivity index (χ0n) is 10.8. The zero-order chi connectivity index (χ0) is 14.3. The third-order valence-corrected chi connectivity index (χ3v) is 3.87. The third kappa shape index (κ3) is 1.94. The molecule has 2 heterocycles. The second-order valence-corrected chi connectivity index (χ2v) is 5.06. The van der Waals surface area contributed by atoms with Crippen LogP contribution in [0.3, 0.4) is 0 Å². The van der Waals surface area contributed by atoms with Crippen LogP contribution < -0.4 is 5.48 Å². The number of hydrogen-bond acceptors (Lipinski definition) is 3. The van der Waals surface area contributed by atoms with Gasteiger partial charge in [0.1, 0.15) is 5.84 Å². The molecule has 20 heavy (non-hydrogen) atoms. The maximum atomic E-state index is 10.9. The SMILES string of the molecule is N=C(NO)c1ccc2c(c1)cc1n2CCC1CC(=O)O. The number of amidine groups is 1. The van der Waals surface area contributed by atoms with Gasteiger partial charge in [-0.05, 0) is 30.7 Å². The van der Waals surface area contributed by atoms with Gasteiger partial charge >= 0.3 is 5.97 Å². The summed E-state index contributed by atoms with van der Waals surface area (Å²) in [6, 6.07) is 7.49. The van der Waals surface area contributed by atoms with Gasteiger partial charge in [0, 0.05) is 34.6 Å². The van der Waals surface area contributed by atoms with Crippen molar-refractivity contribution in [3.8, 4) is 0 Å². The molecule has 0 aliphatic carbocycles. The molecule has 1 aliphatic heterocycles. The standard InChI is InChI=1S/C14H15N3O3/c15-14(16-20)9-1-2-11-10(5-9)6-12-8(7-13(18)19)3-4-17(11)12/h1-2,5-6,8,20H,3-4,7H2,(H2,15,16)(H,18,19). The third-order valence-electron chi connectivity index (χ3n) is 3.87. The van der Waals surface area contributed by atoms with Crippen LogP contribution in [-0.2, 0) is 11.3 Å². The molecule has 6 nitrogen and oxygen atoms in total. The molecule has 0 spiro atoms. The summed E-state index contributed by atoms with van der Waals surface area (Å²) >= 11 is 0. The number of benzene rings is 1. The predicted octanol–water partition coefficient (Wildman–Crippen LogP) is 1.91. The van der Waals surface area contributed by atoms with E-state index < -0.39 is 5.97 Å². The summed E-state index contributed by atoms with van der Waals surface area (Å²) in [4.78, 5) is 10.9. The molecule has 3 rings (SSSR count). The molecule has 2 aromatic rings. The van der Waals surface area contributed by atoms with Crippen LogP contribution in [-0.4, -0.2) is 26.7 Å². The molecule has 0 radical (unpaired) electrons. The first-order chi connectivity index (χ1) is 9.60. The van der Waals surface area contributed by atoms with E-state index in [4.69, 9.17) is 15.7 Å². The second kappa shape index (κ2) is 4.64. The highest BCUT2D eigenvalue weighted by atomic mass is 16.5. The van der Waals surface area contributed by atoms with Gasteiger partial charge in [-0.25, -0.2) is 0 Å². The number of aryl methyl sites for hydroxylation is 1. The topological polar surface area (TPSA) is 98.3 Å². The molecule has 0 bridgehead atoms. The fraction of sp³-hybridized carbons (Fsp3) is 0.286. The van der Waals surface area contributed by atoms with Gasteiger partial charge in [0.05, 0.1) is 6.42 Å². The van der Waals surface area contributed by atoms with Crippen LogP contribution in [0.25, 0.3) is 10.9 Å². The highest BCUT2D eigenvalue weighted by Gasteiger charge is 2.26. The summed E-state index contributed by atoms with van der Waals surface area (Å²) in [5.41, 5.74) is 4.51. The molecule has 1 aliphatic rings. The minimum Gasteiger partial charge on any atom is -0.481 e. The first-order valence-corrected chi connectivity index (χ1v) is 6.44. The van der Waals surface area contributed by atoms with Crippen molar-refractivity contribution in [3.63, 3.8) is 0 Å². The predicted molar refractivity (Wildman–Crippen MR) is 73.3 cm³/mol. The van der Waals surface area contributed by atoms with Crippen LogP contribution in [0, 0.1) is 5.41 Å². The maximum absolute atomic E-state index is 10.9. The number of aliphatic carboxylic acids is 1. The first-order valence-electron chi connectivity index (χ1n) is 6.44. The fourth-order valence-electron chi connectivity index (χ4n) is 2.95. The average Bonchev–Trinajstić information content (AvgIpc) is 2.96. The lowest BCUT2D eigenvalue weighted by molar-refractivity contribution is -0.137. The smallest absolute Gasteiger partial charge is 0.304 e.